The largest absolute Gasteiger partial charge is 0.352 e. The van der Waals surface area contributed by atoms with Crippen LogP contribution in [0.25, 0.3) is 0 Å². The van der Waals surface area contributed by atoms with Crippen LogP contribution < -0.4 is 0 Å². The summed E-state index contributed by atoms with van der Waals surface area (Å²) in [7, 11) is 0. The van der Waals surface area contributed by atoms with Gasteiger partial charge in [0.15, 0.2) is 6.29 Å². The molecule has 96 valence electrons. The molecule has 0 aliphatic carbocycles. The van der Waals surface area contributed by atoms with Gasteiger partial charge in [-0.2, -0.15) is 0 Å². The van der Waals surface area contributed by atoms with E-state index < -0.39 is 0 Å². The normalized spacial score (nSPS) is 23.6. The molecule has 1 saturated heterocycles. The Morgan fingerprint density at radius 1 is 1.12 bits per heavy atom. The highest BCUT2D eigenvalue weighted by atomic mass is 16.7. The molecule has 3 heteroatoms. The third kappa shape index (κ3) is 4.81. The van der Waals surface area contributed by atoms with Crippen molar-refractivity contribution in [3.63, 3.8) is 0 Å². The van der Waals surface area contributed by atoms with Gasteiger partial charge in [-0.15, -0.1) is 0 Å². The summed E-state index contributed by atoms with van der Waals surface area (Å²) in [5.74, 6) is 0. The van der Waals surface area contributed by atoms with Crippen LogP contribution in [0.2, 0.25) is 0 Å². The minimum atomic E-state index is -0.0458. The van der Waals surface area contributed by atoms with Crippen LogP contribution in [0.15, 0.2) is 0 Å². The maximum absolute atomic E-state index is 5.61. The van der Waals surface area contributed by atoms with Crippen molar-refractivity contribution in [1.82, 2.24) is 4.90 Å². The van der Waals surface area contributed by atoms with Gasteiger partial charge in [-0.1, -0.05) is 12.8 Å². The number of nitrogens with zero attached hydrogens (tertiary/aromatic N) is 1. The summed E-state index contributed by atoms with van der Waals surface area (Å²) in [6, 6.07) is 0.672. The van der Waals surface area contributed by atoms with Crippen molar-refractivity contribution >= 4 is 0 Å². The van der Waals surface area contributed by atoms with Crippen LogP contribution in [-0.2, 0) is 9.47 Å². The van der Waals surface area contributed by atoms with E-state index in [0.29, 0.717) is 6.04 Å². The molecule has 0 aromatic carbocycles. The first-order chi connectivity index (χ1) is 7.77. The average Bonchev–Trinajstić information content (AvgIpc) is 2.45. The molecule has 3 nitrogen and oxygen atoms in total. The molecule has 1 fully saturated rings. The molecule has 0 spiro atoms. The monoisotopic (exact) mass is 229 g/mol. The topological polar surface area (TPSA) is 21.7 Å². The number of ether oxygens (including phenoxy) is 2. The molecule has 0 aromatic heterocycles. The molecule has 16 heavy (non-hydrogen) atoms. The zero-order chi connectivity index (χ0) is 11.8. The SMILES string of the molecule is CCOC(CN1CCCCCC1C)OCC. The van der Waals surface area contributed by atoms with E-state index in [2.05, 4.69) is 11.8 Å². The van der Waals surface area contributed by atoms with E-state index >= 15 is 0 Å². The molecular formula is C13H27NO2. The van der Waals surface area contributed by atoms with Crippen LogP contribution in [0, 0.1) is 0 Å². The molecular weight excluding hydrogens is 202 g/mol. The van der Waals surface area contributed by atoms with Crippen LogP contribution in [-0.4, -0.2) is 43.5 Å². The quantitative estimate of drug-likeness (QED) is 0.654. The van der Waals surface area contributed by atoms with Gasteiger partial charge in [-0.3, -0.25) is 4.90 Å². The van der Waals surface area contributed by atoms with E-state index in [1.165, 1.54) is 32.2 Å². The van der Waals surface area contributed by atoms with Gasteiger partial charge >= 0.3 is 0 Å². The van der Waals surface area contributed by atoms with E-state index in [0.717, 1.165) is 19.8 Å². The molecule has 1 aliphatic rings. The third-order valence-corrected chi connectivity index (χ3v) is 3.28. The Labute approximate surface area is 100 Å². The minimum Gasteiger partial charge on any atom is -0.352 e. The molecule has 1 atom stereocenters. The van der Waals surface area contributed by atoms with E-state index in [4.69, 9.17) is 9.47 Å². The summed E-state index contributed by atoms with van der Waals surface area (Å²) < 4.78 is 11.2. The summed E-state index contributed by atoms with van der Waals surface area (Å²) in [4.78, 5) is 2.52. The summed E-state index contributed by atoms with van der Waals surface area (Å²) in [5.41, 5.74) is 0. The highest BCUT2D eigenvalue weighted by Crippen LogP contribution is 2.17. The highest BCUT2D eigenvalue weighted by Gasteiger charge is 2.20. The Kier molecular flexibility index (Phi) is 7.01. The summed E-state index contributed by atoms with van der Waals surface area (Å²) in [5, 5.41) is 0. The van der Waals surface area contributed by atoms with Crippen molar-refractivity contribution in [1.29, 1.82) is 0 Å². The van der Waals surface area contributed by atoms with Gasteiger partial charge in [-0.25, -0.2) is 0 Å². The van der Waals surface area contributed by atoms with Gasteiger partial charge in [0.25, 0.3) is 0 Å². The van der Waals surface area contributed by atoms with E-state index in [-0.39, 0.29) is 6.29 Å². The van der Waals surface area contributed by atoms with Gasteiger partial charge in [0, 0.05) is 25.8 Å². The second kappa shape index (κ2) is 8.04. The molecule has 1 unspecified atom stereocenters. The number of hydrogen-bond donors (Lipinski definition) is 0. The molecule has 1 aliphatic heterocycles. The Hall–Kier alpha value is -0.120. The lowest BCUT2D eigenvalue weighted by Crippen LogP contribution is -2.40. The van der Waals surface area contributed by atoms with Gasteiger partial charge in [0.2, 0.25) is 0 Å². The second-order valence-corrected chi connectivity index (χ2v) is 4.53. The fraction of sp³-hybridized carbons (Fsp3) is 1.00. The molecule has 0 saturated carbocycles. The van der Waals surface area contributed by atoms with Crippen molar-refractivity contribution in [2.45, 2.75) is 58.8 Å². The number of hydrogen-bond acceptors (Lipinski definition) is 3. The van der Waals surface area contributed by atoms with Crippen molar-refractivity contribution in [3.05, 3.63) is 0 Å². The Morgan fingerprint density at radius 3 is 2.44 bits per heavy atom. The molecule has 0 bridgehead atoms. The molecule has 0 aromatic rings. The predicted octanol–water partition coefficient (Wildman–Crippen LogP) is 2.65. The maximum atomic E-state index is 5.61. The lowest BCUT2D eigenvalue weighted by Gasteiger charge is -2.30. The maximum Gasteiger partial charge on any atom is 0.170 e. The van der Waals surface area contributed by atoms with Crippen molar-refractivity contribution in [3.8, 4) is 0 Å². The second-order valence-electron chi connectivity index (χ2n) is 4.53. The first kappa shape index (κ1) is 13.9. The predicted molar refractivity (Wildman–Crippen MR) is 66.5 cm³/mol. The van der Waals surface area contributed by atoms with Crippen molar-refractivity contribution in [2.75, 3.05) is 26.3 Å². The van der Waals surface area contributed by atoms with Crippen LogP contribution in [0.3, 0.4) is 0 Å². The van der Waals surface area contributed by atoms with Gasteiger partial charge < -0.3 is 9.47 Å². The molecule has 0 radical (unpaired) electrons. The fourth-order valence-electron chi connectivity index (χ4n) is 2.32. The van der Waals surface area contributed by atoms with Crippen LogP contribution >= 0.6 is 0 Å². The summed E-state index contributed by atoms with van der Waals surface area (Å²) in [6.07, 6.45) is 5.32. The summed E-state index contributed by atoms with van der Waals surface area (Å²) >= 11 is 0. The molecule has 1 rings (SSSR count). The van der Waals surface area contributed by atoms with E-state index in [1.807, 2.05) is 13.8 Å². The van der Waals surface area contributed by atoms with Crippen LogP contribution in [0.5, 0.6) is 0 Å². The highest BCUT2D eigenvalue weighted by molar-refractivity contribution is 4.72. The fourth-order valence-corrected chi connectivity index (χ4v) is 2.32. The van der Waals surface area contributed by atoms with Crippen LogP contribution in [0.1, 0.15) is 46.5 Å². The molecule has 1 heterocycles. The average molecular weight is 229 g/mol. The first-order valence-electron chi connectivity index (χ1n) is 6.75. The zero-order valence-corrected chi connectivity index (χ0v) is 11.1. The Morgan fingerprint density at radius 2 is 1.81 bits per heavy atom. The third-order valence-electron chi connectivity index (χ3n) is 3.28. The Bertz CT molecular complexity index is 169. The number of rotatable bonds is 6. The van der Waals surface area contributed by atoms with Crippen molar-refractivity contribution in [2.24, 2.45) is 0 Å². The first-order valence-corrected chi connectivity index (χ1v) is 6.75. The standard InChI is InChI=1S/C13H27NO2/c1-4-15-13(16-5-2)11-14-10-8-6-7-9-12(14)3/h12-13H,4-11H2,1-3H3. The van der Waals surface area contributed by atoms with Gasteiger partial charge in [0.1, 0.15) is 0 Å². The van der Waals surface area contributed by atoms with Gasteiger partial charge in [-0.05, 0) is 40.2 Å². The van der Waals surface area contributed by atoms with Gasteiger partial charge in [0.05, 0.1) is 0 Å². The smallest absolute Gasteiger partial charge is 0.170 e. The molecule has 0 N–H and O–H groups in total. The number of likely N-dealkylation sites (tertiary alicyclic amines) is 1. The van der Waals surface area contributed by atoms with E-state index in [9.17, 15) is 0 Å². The summed E-state index contributed by atoms with van der Waals surface area (Å²) in [6.45, 7) is 9.94. The van der Waals surface area contributed by atoms with Crippen molar-refractivity contribution < 1.29 is 9.47 Å². The minimum absolute atomic E-state index is 0.0458. The lowest BCUT2D eigenvalue weighted by molar-refractivity contribution is -0.149. The molecule has 0 amide bonds. The zero-order valence-electron chi connectivity index (χ0n) is 11.1. The Balaban J connectivity index is 2.40. The van der Waals surface area contributed by atoms with E-state index in [1.54, 1.807) is 0 Å². The lowest BCUT2D eigenvalue weighted by atomic mass is 10.1. The van der Waals surface area contributed by atoms with Crippen LogP contribution in [0.4, 0.5) is 0 Å².